The molecule has 3 aromatic rings. The Hall–Kier alpha value is -1.96. The molecule has 0 atom stereocenters. The van der Waals surface area contributed by atoms with E-state index in [4.69, 9.17) is 4.42 Å². The Kier molecular flexibility index (Phi) is 4.70. The Morgan fingerprint density at radius 1 is 1.32 bits per heavy atom. The quantitative estimate of drug-likeness (QED) is 0.686. The summed E-state index contributed by atoms with van der Waals surface area (Å²) in [4.78, 5) is 20.3. The van der Waals surface area contributed by atoms with E-state index in [0.717, 1.165) is 36.2 Å². The molecule has 7 heteroatoms. The van der Waals surface area contributed by atoms with Crippen LogP contribution in [0.4, 0.5) is 5.13 Å². The molecule has 1 aliphatic rings. The van der Waals surface area contributed by atoms with Crippen molar-refractivity contribution in [1.29, 1.82) is 0 Å². The van der Waals surface area contributed by atoms with Crippen molar-refractivity contribution in [3.63, 3.8) is 0 Å². The molecule has 0 bridgehead atoms. The average molecular weight is 418 g/mol. The first kappa shape index (κ1) is 16.5. The maximum atomic E-state index is 12.1. The van der Waals surface area contributed by atoms with Gasteiger partial charge in [-0.1, -0.05) is 28.1 Å². The number of hydrogen-bond acceptors (Lipinski definition) is 5. The van der Waals surface area contributed by atoms with E-state index in [1.54, 1.807) is 17.4 Å². The molecule has 3 heterocycles. The number of rotatable bonds is 4. The Balaban J connectivity index is 1.42. The smallest absolute Gasteiger partial charge is 0.260 e. The Bertz CT molecular complexity index is 874. The molecule has 1 aromatic carbocycles. The minimum atomic E-state index is -0.188. The fourth-order valence-electron chi connectivity index (χ4n) is 2.85. The van der Waals surface area contributed by atoms with Crippen molar-refractivity contribution in [2.75, 3.05) is 11.9 Å². The molecule has 128 valence electrons. The predicted molar refractivity (Wildman–Crippen MR) is 101 cm³/mol. The molecule has 1 aliphatic heterocycles. The average Bonchev–Trinajstić information content (AvgIpc) is 3.26. The highest BCUT2D eigenvalue weighted by Gasteiger charge is 2.21. The van der Waals surface area contributed by atoms with E-state index < -0.39 is 0 Å². The van der Waals surface area contributed by atoms with Gasteiger partial charge in [0.25, 0.3) is 5.91 Å². The van der Waals surface area contributed by atoms with Crippen LogP contribution < -0.4 is 5.32 Å². The number of fused-ring (bicyclic) bond motifs is 1. The van der Waals surface area contributed by atoms with Crippen molar-refractivity contribution in [2.24, 2.45) is 0 Å². The van der Waals surface area contributed by atoms with E-state index in [1.807, 2.05) is 0 Å². The lowest BCUT2D eigenvalue weighted by Gasteiger charge is -2.25. The van der Waals surface area contributed by atoms with Gasteiger partial charge in [-0.2, -0.15) is 0 Å². The maximum absolute atomic E-state index is 12.1. The van der Waals surface area contributed by atoms with Crippen molar-refractivity contribution in [3.8, 4) is 0 Å². The number of benzene rings is 1. The van der Waals surface area contributed by atoms with Crippen molar-refractivity contribution in [1.82, 2.24) is 9.88 Å². The summed E-state index contributed by atoms with van der Waals surface area (Å²) < 4.78 is 6.04. The molecule has 0 radical (unpaired) electrons. The summed E-state index contributed by atoms with van der Waals surface area (Å²) >= 11 is 5.02. The van der Waals surface area contributed by atoms with Crippen LogP contribution in [-0.4, -0.2) is 22.3 Å². The fourth-order valence-corrected chi connectivity index (χ4v) is 4.16. The number of thiazole rings is 1. The van der Waals surface area contributed by atoms with Gasteiger partial charge in [-0.3, -0.25) is 15.0 Å². The number of hydrogen-bond donors (Lipinski definition) is 1. The van der Waals surface area contributed by atoms with Crippen LogP contribution in [0.1, 0.15) is 26.5 Å². The van der Waals surface area contributed by atoms with Crippen LogP contribution in [-0.2, 0) is 19.5 Å². The molecular weight excluding hydrogens is 402 g/mol. The molecule has 5 nitrogen and oxygen atoms in total. The molecule has 4 rings (SSSR count). The van der Waals surface area contributed by atoms with Gasteiger partial charge in [0.15, 0.2) is 5.13 Å². The number of furan rings is 1. The number of amides is 1. The van der Waals surface area contributed by atoms with E-state index >= 15 is 0 Å². The lowest BCUT2D eigenvalue weighted by molar-refractivity contribution is 0.102. The summed E-state index contributed by atoms with van der Waals surface area (Å²) in [6, 6.07) is 10.1. The molecule has 0 unspecified atom stereocenters. The monoisotopic (exact) mass is 417 g/mol. The lowest BCUT2D eigenvalue weighted by atomic mass is 10.1. The SMILES string of the molecule is O=C(Nc1nc2c(s1)CN(Cc1ccc(Br)cc1)CC2)c1ccoc1. The molecule has 0 spiro atoms. The topological polar surface area (TPSA) is 58.4 Å². The number of carbonyl (C=O) groups excluding carboxylic acids is 1. The third-order valence-electron chi connectivity index (χ3n) is 4.13. The second kappa shape index (κ2) is 7.11. The predicted octanol–water partition coefficient (Wildman–Crippen LogP) is 4.31. The standard InChI is InChI=1S/C18H16BrN3O2S/c19-14-3-1-12(2-4-14)9-22-7-5-15-16(10-22)25-18(20-15)21-17(23)13-6-8-24-11-13/h1-4,6,8,11H,5,7,9-10H2,(H,20,21,23). The normalized spacial score (nSPS) is 14.3. The molecule has 0 aliphatic carbocycles. The van der Waals surface area contributed by atoms with E-state index in [-0.39, 0.29) is 5.91 Å². The van der Waals surface area contributed by atoms with Crippen LogP contribution in [0.3, 0.4) is 0 Å². The van der Waals surface area contributed by atoms with Crippen LogP contribution >= 0.6 is 27.3 Å². The number of aromatic nitrogens is 1. The number of nitrogens with zero attached hydrogens (tertiary/aromatic N) is 2. The Labute approximate surface area is 157 Å². The second-order valence-electron chi connectivity index (χ2n) is 5.94. The van der Waals surface area contributed by atoms with Crippen LogP contribution in [0, 0.1) is 0 Å². The summed E-state index contributed by atoms with van der Waals surface area (Å²) in [6.07, 6.45) is 3.83. The Morgan fingerprint density at radius 2 is 2.16 bits per heavy atom. The van der Waals surface area contributed by atoms with Gasteiger partial charge in [0.2, 0.25) is 0 Å². The zero-order valence-electron chi connectivity index (χ0n) is 13.4. The van der Waals surface area contributed by atoms with Gasteiger partial charge in [0.05, 0.1) is 17.5 Å². The highest BCUT2D eigenvalue weighted by molar-refractivity contribution is 9.10. The fraction of sp³-hybridized carbons (Fsp3) is 0.222. The van der Waals surface area contributed by atoms with Gasteiger partial charge in [-0.05, 0) is 23.8 Å². The zero-order valence-corrected chi connectivity index (χ0v) is 15.8. The summed E-state index contributed by atoms with van der Waals surface area (Å²) in [7, 11) is 0. The van der Waals surface area contributed by atoms with Gasteiger partial charge in [-0.15, -0.1) is 11.3 Å². The van der Waals surface area contributed by atoms with Crippen molar-refractivity contribution >= 4 is 38.3 Å². The van der Waals surface area contributed by atoms with Gasteiger partial charge >= 0.3 is 0 Å². The highest BCUT2D eigenvalue weighted by atomic mass is 79.9. The number of anilines is 1. The van der Waals surface area contributed by atoms with Gasteiger partial charge in [-0.25, -0.2) is 4.98 Å². The van der Waals surface area contributed by atoms with E-state index in [1.165, 1.54) is 23.0 Å². The molecule has 0 saturated carbocycles. The second-order valence-corrected chi connectivity index (χ2v) is 7.94. The van der Waals surface area contributed by atoms with Crippen molar-refractivity contribution in [2.45, 2.75) is 19.5 Å². The molecule has 1 amide bonds. The largest absolute Gasteiger partial charge is 0.472 e. The number of carbonyl (C=O) groups is 1. The highest BCUT2D eigenvalue weighted by Crippen LogP contribution is 2.29. The van der Waals surface area contributed by atoms with Gasteiger partial charge in [0, 0.05) is 35.4 Å². The summed E-state index contributed by atoms with van der Waals surface area (Å²) in [6.45, 7) is 2.76. The van der Waals surface area contributed by atoms with E-state index in [9.17, 15) is 4.79 Å². The minimum Gasteiger partial charge on any atom is -0.472 e. The van der Waals surface area contributed by atoms with Crippen LogP contribution in [0.25, 0.3) is 0 Å². The molecule has 25 heavy (non-hydrogen) atoms. The molecular formula is C18H16BrN3O2S. The molecule has 2 aromatic heterocycles. The van der Waals surface area contributed by atoms with E-state index in [2.05, 4.69) is 55.4 Å². The van der Waals surface area contributed by atoms with Crippen molar-refractivity contribution < 1.29 is 9.21 Å². The first-order valence-electron chi connectivity index (χ1n) is 7.96. The summed E-state index contributed by atoms with van der Waals surface area (Å²) in [5.74, 6) is -0.188. The van der Waals surface area contributed by atoms with Crippen LogP contribution in [0.5, 0.6) is 0 Å². The molecule has 1 N–H and O–H groups in total. The van der Waals surface area contributed by atoms with E-state index in [0.29, 0.717) is 10.7 Å². The van der Waals surface area contributed by atoms with Crippen LogP contribution in [0.15, 0.2) is 51.7 Å². The third-order valence-corrected chi connectivity index (χ3v) is 5.66. The first-order valence-corrected chi connectivity index (χ1v) is 9.57. The number of halogens is 1. The first-order chi connectivity index (χ1) is 12.2. The molecule has 0 saturated heterocycles. The molecule has 0 fully saturated rings. The Morgan fingerprint density at radius 3 is 2.92 bits per heavy atom. The maximum Gasteiger partial charge on any atom is 0.260 e. The van der Waals surface area contributed by atoms with Gasteiger partial charge < -0.3 is 4.42 Å². The lowest BCUT2D eigenvalue weighted by Crippen LogP contribution is -2.29. The van der Waals surface area contributed by atoms with Crippen LogP contribution in [0.2, 0.25) is 0 Å². The van der Waals surface area contributed by atoms with Gasteiger partial charge in [0.1, 0.15) is 6.26 Å². The minimum absolute atomic E-state index is 0.188. The van der Waals surface area contributed by atoms with Crippen molar-refractivity contribution in [3.05, 3.63) is 69.0 Å². The summed E-state index contributed by atoms with van der Waals surface area (Å²) in [5, 5.41) is 3.51. The zero-order chi connectivity index (χ0) is 17.2. The third kappa shape index (κ3) is 3.84. The summed E-state index contributed by atoms with van der Waals surface area (Å²) in [5.41, 5.74) is 2.90. The number of nitrogens with one attached hydrogen (secondary N) is 1.